The number of hydrogen-bond donors (Lipinski definition) is 2. The van der Waals surface area contributed by atoms with Crippen LogP contribution >= 0.6 is 23.1 Å². The number of thiazole rings is 1. The van der Waals surface area contributed by atoms with E-state index >= 15 is 0 Å². The van der Waals surface area contributed by atoms with Crippen LogP contribution < -0.4 is 11.5 Å². The molecule has 9 heteroatoms. The fourth-order valence-corrected chi connectivity index (χ4v) is 6.42. The molecule has 2 atom stereocenters. The third-order valence-electron chi connectivity index (χ3n) is 6.41. The molecule has 0 bridgehead atoms. The second-order valence-corrected chi connectivity index (χ2v) is 10.7. The van der Waals surface area contributed by atoms with Crippen molar-refractivity contribution in [2.24, 2.45) is 24.4 Å². The SMILES string of the molecule is Cc1nc2cc([C@@]34C[C@@H]3CN(CCCSc3nnc(/C(N)=C/N)n3C)C4)ccc2s1. The molecule has 0 amide bonds. The van der Waals surface area contributed by atoms with Gasteiger partial charge in [-0.25, -0.2) is 4.98 Å². The van der Waals surface area contributed by atoms with Crippen LogP contribution in [0.5, 0.6) is 0 Å². The van der Waals surface area contributed by atoms with Crippen molar-refractivity contribution in [3.05, 3.63) is 40.8 Å². The maximum atomic E-state index is 5.85. The van der Waals surface area contributed by atoms with Gasteiger partial charge in [-0.2, -0.15) is 0 Å². The molecule has 5 rings (SSSR count). The predicted molar refractivity (Wildman–Crippen MR) is 123 cm³/mol. The summed E-state index contributed by atoms with van der Waals surface area (Å²) in [5.41, 5.74) is 14.8. The molecule has 3 heterocycles. The van der Waals surface area contributed by atoms with Gasteiger partial charge in [-0.05, 0) is 49.9 Å². The number of nitrogens with two attached hydrogens (primary N) is 2. The van der Waals surface area contributed by atoms with Crippen molar-refractivity contribution in [3.8, 4) is 0 Å². The highest BCUT2D eigenvalue weighted by Gasteiger charge is 2.60. The average Bonchev–Trinajstić information content (AvgIpc) is 3.03. The first-order valence-electron chi connectivity index (χ1n) is 10.3. The van der Waals surface area contributed by atoms with E-state index in [1.165, 1.54) is 36.0 Å². The van der Waals surface area contributed by atoms with Crippen molar-refractivity contribution in [1.82, 2.24) is 24.6 Å². The zero-order chi connectivity index (χ0) is 20.9. The van der Waals surface area contributed by atoms with Gasteiger partial charge in [0.2, 0.25) is 0 Å². The molecular weight excluding hydrogens is 414 g/mol. The number of nitrogens with zero attached hydrogens (tertiary/aromatic N) is 5. The first-order chi connectivity index (χ1) is 14.5. The average molecular weight is 442 g/mol. The smallest absolute Gasteiger partial charge is 0.191 e. The number of fused-ring (bicyclic) bond motifs is 2. The van der Waals surface area contributed by atoms with Crippen LogP contribution in [0.1, 0.15) is 29.2 Å². The summed E-state index contributed by atoms with van der Waals surface area (Å²) in [6, 6.07) is 6.94. The lowest BCUT2D eigenvalue weighted by molar-refractivity contribution is 0.299. The first-order valence-corrected chi connectivity index (χ1v) is 12.1. The summed E-state index contributed by atoms with van der Waals surface area (Å²) in [5.74, 6) is 2.43. The number of aromatic nitrogens is 4. The maximum absolute atomic E-state index is 5.85. The summed E-state index contributed by atoms with van der Waals surface area (Å²) in [6.07, 6.45) is 3.81. The third kappa shape index (κ3) is 3.38. The lowest BCUT2D eigenvalue weighted by atomic mass is 9.95. The number of thioether (sulfide) groups is 1. The summed E-state index contributed by atoms with van der Waals surface area (Å²) in [5, 5.41) is 10.4. The van der Waals surface area contributed by atoms with E-state index in [1.807, 2.05) is 11.6 Å². The second kappa shape index (κ2) is 7.55. The summed E-state index contributed by atoms with van der Waals surface area (Å²) in [4.78, 5) is 7.33. The Morgan fingerprint density at radius 3 is 3.10 bits per heavy atom. The van der Waals surface area contributed by atoms with Gasteiger partial charge in [0.05, 0.1) is 20.9 Å². The topological polar surface area (TPSA) is 98.9 Å². The van der Waals surface area contributed by atoms with Gasteiger partial charge < -0.3 is 20.9 Å². The molecule has 0 spiro atoms. The molecule has 1 saturated heterocycles. The number of piperidine rings is 1. The molecular formula is C21H27N7S2. The minimum Gasteiger partial charge on any atom is -0.403 e. The Kier molecular flexibility index (Phi) is 4.99. The molecule has 1 saturated carbocycles. The van der Waals surface area contributed by atoms with E-state index in [9.17, 15) is 0 Å². The van der Waals surface area contributed by atoms with Gasteiger partial charge in [-0.1, -0.05) is 17.8 Å². The quantitative estimate of drug-likeness (QED) is 0.430. The van der Waals surface area contributed by atoms with E-state index in [1.54, 1.807) is 23.1 Å². The standard InChI is InChI=1S/C21H27N7S2/c1-13-24-17-8-14(4-5-18(17)30-13)21-9-15(21)11-28(12-21)6-3-7-29-20-26-25-19(27(20)2)16(23)10-22/h4-5,8,10,15H,3,6-7,9,11-12,22-23H2,1-2H3/b16-10-/t15-,21+/m1/s1. The highest BCUT2D eigenvalue weighted by atomic mass is 32.2. The van der Waals surface area contributed by atoms with E-state index in [0.29, 0.717) is 16.9 Å². The number of benzene rings is 1. The van der Waals surface area contributed by atoms with Gasteiger partial charge in [0.1, 0.15) is 0 Å². The van der Waals surface area contributed by atoms with E-state index in [4.69, 9.17) is 16.5 Å². The van der Waals surface area contributed by atoms with Crippen molar-refractivity contribution >= 4 is 39.0 Å². The second-order valence-electron chi connectivity index (χ2n) is 8.40. The van der Waals surface area contributed by atoms with Gasteiger partial charge in [0.15, 0.2) is 11.0 Å². The first kappa shape index (κ1) is 19.8. The van der Waals surface area contributed by atoms with Crippen molar-refractivity contribution in [3.63, 3.8) is 0 Å². The Bertz CT molecular complexity index is 1120. The molecule has 2 aromatic heterocycles. The zero-order valence-corrected chi connectivity index (χ0v) is 19.0. The van der Waals surface area contributed by atoms with Crippen LogP contribution in [0.2, 0.25) is 0 Å². The summed E-state index contributed by atoms with van der Waals surface area (Å²) >= 11 is 3.50. The van der Waals surface area contributed by atoms with Crippen molar-refractivity contribution in [2.75, 3.05) is 25.4 Å². The van der Waals surface area contributed by atoms with E-state index in [0.717, 1.165) is 40.3 Å². The van der Waals surface area contributed by atoms with Crippen LogP contribution in [0.3, 0.4) is 0 Å². The van der Waals surface area contributed by atoms with Crippen LogP contribution in [0, 0.1) is 12.8 Å². The normalized spacial score (nSPS) is 23.9. The van der Waals surface area contributed by atoms with Crippen LogP contribution in [-0.4, -0.2) is 50.0 Å². The summed E-state index contributed by atoms with van der Waals surface area (Å²) in [7, 11) is 1.92. The van der Waals surface area contributed by atoms with Gasteiger partial charge in [-0.15, -0.1) is 21.5 Å². The van der Waals surface area contributed by atoms with Gasteiger partial charge in [0.25, 0.3) is 0 Å². The fourth-order valence-electron chi connectivity index (χ4n) is 4.77. The van der Waals surface area contributed by atoms with Crippen LogP contribution in [0.25, 0.3) is 15.9 Å². The van der Waals surface area contributed by atoms with E-state index in [2.05, 4.69) is 40.2 Å². The van der Waals surface area contributed by atoms with Crippen LogP contribution in [0.15, 0.2) is 29.6 Å². The zero-order valence-electron chi connectivity index (χ0n) is 17.3. The van der Waals surface area contributed by atoms with Crippen molar-refractivity contribution in [2.45, 2.75) is 30.3 Å². The Balaban J connectivity index is 1.15. The molecule has 4 N–H and O–H groups in total. The third-order valence-corrected chi connectivity index (χ3v) is 8.47. The molecule has 1 aliphatic carbocycles. The van der Waals surface area contributed by atoms with Crippen LogP contribution in [-0.2, 0) is 12.5 Å². The van der Waals surface area contributed by atoms with E-state index < -0.39 is 0 Å². The Labute approximate surface area is 184 Å². The lowest BCUT2D eigenvalue weighted by Crippen LogP contribution is -2.27. The predicted octanol–water partition coefficient (Wildman–Crippen LogP) is 2.70. The van der Waals surface area contributed by atoms with Crippen molar-refractivity contribution in [1.29, 1.82) is 0 Å². The Hall–Kier alpha value is -2.10. The van der Waals surface area contributed by atoms with Gasteiger partial charge in [0, 0.05) is 37.5 Å². The molecule has 1 aliphatic heterocycles. The highest BCUT2D eigenvalue weighted by Crippen LogP contribution is 2.59. The Morgan fingerprint density at radius 1 is 1.40 bits per heavy atom. The summed E-state index contributed by atoms with van der Waals surface area (Å²) < 4.78 is 3.20. The maximum Gasteiger partial charge on any atom is 0.191 e. The van der Waals surface area contributed by atoms with E-state index in [-0.39, 0.29) is 0 Å². The van der Waals surface area contributed by atoms with Crippen LogP contribution in [0.4, 0.5) is 0 Å². The summed E-state index contributed by atoms with van der Waals surface area (Å²) in [6.45, 7) is 5.59. The molecule has 3 aromatic rings. The number of aryl methyl sites for hydroxylation is 1. The molecule has 158 valence electrons. The molecule has 1 aromatic carbocycles. The molecule has 30 heavy (non-hydrogen) atoms. The van der Waals surface area contributed by atoms with Crippen molar-refractivity contribution < 1.29 is 0 Å². The monoisotopic (exact) mass is 441 g/mol. The fraction of sp³-hybridized carbons (Fsp3) is 0.476. The highest BCUT2D eigenvalue weighted by molar-refractivity contribution is 7.99. The van der Waals surface area contributed by atoms with Gasteiger partial charge >= 0.3 is 0 Å². The van der Waals surface area contributed by atoms with Gasteiger partial charge in [-0.3, -0.25) is 0 Å². The number of likely N-dealkylation sites (tertiary alicyclic amines) is 1. The molecule has 0 radical (unpaired) electrons. The minimum atomic E-state index is 0.365. The largest absolute Gasteiger partial charge is 0.403 e. The number of rotatable bonds is 7. The molecule has 2 fully saturated rings. The Morgan fingerprint density at radius 2 is 2.27 bits per heavy atom. The molecule has 2 aliphatic rings. The minimum absolute atomic E-state index is 0.365. The number of hydrogen-bond acceptors (Lipinski definition) is 8. The molecule has 7 nitrogen and oxygen atoms in total. The molecule has 0 unspecified atom stereocenters. The lowest BCUT2D eigenvalue weighted by Gasteiger charge is -2.21.